The summed E-state index contributed by atoms with van der Waals surface area (Å²) in [6.07, 6.45) is -5.48. The molecule has 2 heterocycles. The largest absolute Gasteiger partial charge is 0.497 e. The first-order chi connectivity index (χ1) is 14.6. The average Bonchev–Trinajstić information content (AvgIpc) is 2.72. The molecule has 0 radical (unpaired) electrons. The number of benzene rings is 1. The lowest BCUT2D eigenvalue weighted by Crippen LogP contribution is -2.62. The van der Waals surface area contributed by atoms with Crippen LogP contribution in [0.4, 0.5) is 13.2 Å². The zero-order chi connectivity index (χ0) is 23.0. The highest BCUT2D eigenvalue weighted by Crippen LogP contribution is 2.52. The fourth-order valence-electron chi connectivity index (χ4n) is 3.45. The predicted octanol–water partition coefficient (Wildman–Crippen LogP) is 2.10. The summed E-state index contributed by atoms with van der Waals surface area (Å²) in [4.78, 5) is 25.1. The summed E-state index contributed by atoms with van der Waals surface area (Å²) < 4.78 is 61.9. The van der Waals surface area contributed by atoms with E-state index in [1.165, 1.54) is 38.3 Å². The SMILES string of the molecule is CCOC(=O)C1C(c2ccc(OC)cc2)c2oc(CO)cc(=O)c2OC1(O)C(F)(F)F. The molecule has 0 amide bonds. The molecule has 0 aliphatic carbocycles. The lowest BCUT2D eigenvalue weighted by Gasteiger charge is -2.43. The fourth-order valence-corrected chi connectivity index (χ4v) is 3.45. The van der Waals surface area contributed by atoms with E-state index in [0.29, 0.717) is 5.75 Å². The number of aliphatic hydroxyl groups is 2. The number of aliphatic hydroxyl groups excluding tert-OH is 1. The van der Waals surface area contributed by atoms with Crippen molar-refractivity contribution >= 4 is 5.97 Å². The van der Waals surface area contributed by atoms with Gasteiger partial charge in [0.1, 0.15) is 24.0 Å². The molecule has 31 heavy (non-hydrogen) atoms. The van der Waals surface area contributed by atoms with Gasteiger partial charge in [0, 0.05) is 6.07 Å². The van der Waals surface area contributed by atoms with Crippen LogP contribution in [0.3, 0.4) is 0 Å². The predicted molar refractivity (Wildman–Crippen MR) is 97.5 cm³/mol. The minimum absolute atomic E-state index is 0.0873. The number of hydrogen-bond acceptors (Lipinski definition) is 8. The molecule has 0 bridgehead atoms. The van der Waals surface area contributed by atoms with Crippen molar-refractivity contribution in [2.75, 3.05) is 13.7 Å². The van der Waals surface area contributed by atoms with Crippen molar-refractivity contribution in [1.82, 2.24) is 0 Å². The first-order valence-electron chi connectivity index (χ1n) is 9.13. The third kappa shape index (κ3) is 3.86. The Balaban J connectivity index is 2.35. The Kier molecular flexibility index (Phi) is 6.01. The number of rotatable bonds is 5. The van der Waals surface area contributed by atoms with Gasteiger partial charge in [-0.25, -0.2) is 0 Å². The number of ether oxygens (including phenoxy) is 3. The fraction of sp³-hybridized carbons (Fsp3) is 0.400. The normalized spacial score (nSPS) is 22.9. The van der Waals surface area contributed by atoms with Gasteiger partial charge < -0.3 is 28.8 Å². The van der Waals surface area contributed by atoms with E-state index in [9.17, 15) is 33.0 Å². The molecule has 1 aromatic heterocycles. The molecule has 2 N–H and O–H groups in total. The topological polar surface area (TPSA) is 115 Å². The molecule has 0 saturated carbocycles. The van der Waals surface area contributed by atoms with Gasteiger partial charge in [-0.1, -0.05) is 12.1 Å². The minimum Gasteiger partial charge on any atom is -0.497 e. The van der Waals surface area contributed by atoms with Gasteiger partial charge in [-0.15, -0.1) is 0 Å². The van der Waals surface area contributed by atoms with Crippen LogP contribution in [0.1, 0.15) is 29.9 Å². The first-order valence-corrected chi connectivity index (χ1v) is 9.13. The smallest absolute Gasteiger partial charge is 0.456 e. The molecule has 8 nitrogen and oxygen atoms in total. The van der Waals surface area contributed by atoms with Crippen molar-refractivity contribution in [1.29, 1.82) is 0 Å². The van der Waals surface area contributed by atoms with E-state index >= 15 is 0 Å². The summed E-state index contributed by atoms with van der Waals surface area (Å²) in [6.45, 7) is 0.381. The Morgan fingerprint density at radius 3 is 2.42 bits per heavy atom. The number of fused-ring (bicyclic) bond motifs is 1. The molecule has 1 aliphatic heterocycles. The van der Waals surface area contributed by atoms with Crippen molar-refractivity contribution in [3.05, 3.63) is 57.6 Å². The summed E-state index contributed by atoms with van der Waals surface area (Å²) in [5, 5.41) is 20.0. The molecule has 0 saturated heterocycles. The van der Waals surface area contributed by atoms with E-state index < -0.39 is 53.3 Å². The highest BCUT2D eigenvalue weighted by molar-refractivity contribution is 5.77. The molecule has 3 rings (SSSR count). The number of carbonyl (C=O) groups excluding carboxylic acids is 1. The van der Waals surface area contributed by atoms with Gasteiger partial charge in [-0.05, 0) is 24.6 Å². The Bertz CT molecular complexity index is 1010. The molecule has 3 atom stereocenters. The van der Waals surface area contributed by atoms with Gasteiger partial charge in [-0.3, -0.25) is 9.59 Å². The van der Waals surface area contributed by atoms with Crippen LogP contribution in [0.5, 0.6) is 11.5 Å². The first kappa shape index (κ1) is 22.6. The van der Waals surface area contributed by atoms with E-state index in [1.54, 1.807) is 0 Å². The molecular weight excluding hydrogens is 425 g/mol. The molecule has 168 valence electrons. The maximum Gasteiger partial charge on any atom is 0.456 e. The Hall–Kier alpha value is -3.05. The van der Waals surface area contributed by atoms with Crippen LogP contribution in [0.15, 0.2) is 39.5 Å². The second kappa shape index (κ2) is 8.23. The summed E-state index contributed by atoms with van der Waals surface area (Å²) in [7, 11) is 1.38. The summed E-state index contributed by atoms with van der Waals surface area (Å²) >= 11 is 0. The quantitative estimate of drug-likeness (QED) is 0.674. The number of carbonyl (C=O) groups is 1. The van der Waals surface area contributed by atoms with Gasteiger partial charge in [0.2, 0.25) is 11.2 Å². The van der Waals surface area contributed by atoms with E-state index in [-0.39, 0.29) is 17.9 Å². The number of alkyl halides is 3. The van der Waals surface area contributed by atoms with Crippen LogP contribution >= 0.6 is 0 Å². The van der Waals surface area contributed by atoms with Crippen LogP contribution in [0, 0.1) is 5.92 Å². The highest BCUT2D eigenvalue weighted by atomic mass is 19.4. The second-order valence-corrected chi connectivity index (χ2v) is 6.71. The van der Waals surface area contributed by atoms with Crippen LogP contribution < -0.4 is 14.9 Å². The van der Waals surface area contributed by atoms with E-state index in [4.69, 9.17) is 18.6 Å². The summed E-state index contributed by atoms with van der Waals surface area (Å²) in [5.74, 6) is -10.7. The molecule has 0 fully saturated rings. The lowest BCUT2D eigenvalue weighted by atomic mass is 9.76. The van der Waals surface area contributed by atoms with Crippen LogP contribution in [-0.4, -0.2) is 41.9 Å². The number of methoxy groups -OCH3 is 1. The number of hydrogen-bond donors (Lipinski definition) is 2. The highest BCUT2D eigenvalue weighted by Gasteiger charge is 2.70. The van der Waals surface area contributed by atoms with Gasteiger partial charge in [0.25, 0.3) is 0 Å². The monoisotopic (exact) mass is 444 g/mol. The average molecular weight is 444 g/mol. The summed E-state index contributed by atoms with van der Waals surface area (Å²) in [5.41, 5.74) is -0.974. The molecule has 2 aromatic rings. The van der Waals surface area contributed by atoms with Gasteiger partial charge in [-0.2, -0.15) is 13.2 Å². The molecule has 3 unspecified atom stereocenters. The minimum atomic E-state index is -5.48. The number of esters is 1. The van der Waals surface area contributed by atoms with Crippen LogP contribution in [0.2, 0.25) is 0 Å². The molecule has 1 aliphatic rings. The third-order valence-corrected chi connectivity index (χ3v) is 4.85. The molecular formula is C20H19F3O8. The third-order valence-electron chi connectivity index (χ3n) is 4.85. The molecule has 1 aromatic carbocycles. The molecule has 0 spiro atoms. The maximum atomic E-state index is 14.0. The van der Waals surface area contributed by atoms with Crippen molar-refractivity contribution in [2.45, 2.75) is 31.4 Å². The van der Waals surface area contributed by atoms with Gasteiger partial charge in [0.15, 0.2) is 5.76 Å². The van der Waals surface area contributed by atoms with E-state index in [1.807, 2.05) is 0 Å². The Morgan fingerprint density at radius 2 is 1.90 bits per heavy atom. The standard InChI is InChI=1S/C20H19F3O8/c1-3-29-18(26)15-14(10-4-6-11(28-2)7-5-10)17-16(13(25)8-12(9-24)30-17)31-19(15,27)20(21,22)23/h4-8,14-15,24,27H,3,9H2,1-2H3. The van der Waals surface area contributed by atoms with Crippen LogP contribution in [0.25, 0.3) is 0 Å². The Morgan fingerprint density at radius 1 is 1.26 bits per heavy atom. The maximum absolute atomic E-state index is 14.0. The van der Waals surface area contributed by atoms with Crippen molar-refractivity contribution in [3.63, 3.8) is 0 Å². The zero-order valence-corrected chi connectivity index (χ0v) is 16.4. The van der Waals surface area contributed by atoms with E-state index in [2.05, 4.69) is 0 Å². The van der Waals surface area contributed by atoms with Gasteiger partial charge >= 0.3 is 17.9 Å². The lowest BCUT2D eigenvalue weighted by molar-refractivity contribution is -0.360. The Labute approximate surface area is 173 Å². The summed E-state index contributed by atoms with van der Waals surface area (Å²) in [6, 6.07) is 6.30. The molecule has 11 heteroatoms. The van der Waals surface area contributed by atoms with Crippen molar-refractivity contribution in [3.8, 4) is 11.5 Å². The van der Waals surface area contributed by atoms with Crippen molar-refractivity contribution in [2.24, 2.45) is 5.92 Å². The number of halogens is 3. The second-order valence-electron chi connectivity index (χ2n) is 6.71. The van der Waals surface area contributed by atoms with Crippen molar-refractivity contribution < 1.29 is 46.8 Å². The van der Waals surface area contributed by atoms with Gasteiger partial charge in [0.05, 0.1) is 19.6 Å². The van der Waals surface area contributed by atoms with Crippen LogP contribution in [-0.2, 0) is 16.1 Å². The zero-order valence-electron chi connectivity index (χ0n) is 16.4. The van der Waals surface area contributed by atoms with E-state index in [0.717, 1.165) is 6.07 Å².